The third kappa shape index (κ3) is 4.87. The lowest BCUT2D eigenvalue weighted by Gasteiger charge is -2.48. The molecule has 3 aliphatic rings. The minimum absolute atomic E-state index is 0.0430. The van der Waals surface area contributed by atoms with Crippen LogP contribution in [-0.4, -0.2) is 61.8 Å². The molecule has 0 bridgehead atoms. The Balaban J connectivity index is 1.40. The second-order valence-electron chi connectivity index (χ2n) is 10.2. The van der Waals surface area contributed by atoms with Crippen molar-refractivity contribution in [1.82, 2.24) is 9.80 Å². The number of likely N-dealkylation sites (tertiary alicyclic amines) is 1. The first-order chi connectivity index (χ1) is 16.8. The van der Waals surface area contributed by atoms with Crippen LogP contribution in [0.25, 0.3) is 0 Å². The fourth-order valence-electron chi connectivity index (χ4n) is 6.32. The SMILES string of the molecule is COCCN1C(=O)N(C2CCN(CC3CCCCC3)CC2)C(c2ccccc2)c2ccccc21. The van der Waals surface area contributed by atoms with Gasteiger partial charge in [-0.1, -0.05) is 67.8 Å². The summed E-state index contributed by atoms with van der Waals surface area (Å²) in [4.78, 5) is 20.9. The summed E-state index contributed by atoms with van der Waals surface area (Å²) in [6.07, 6.45) is 9.09. The number of urea groups is 1. The van der Waals surface area contributed by atoms with Gasteiger partial charge in [-0.3, -0.25) is 4.90 Å². The fraction of sp³-hybridized carbons (Fsp3) is 0.552. The van der Waals surface area contributed by atoms with E-state index in [2.05, 4.69) is 58.3 Å². The molecule has 1 saturated heterocycles. The van der Waals surface area contributed by atoms with Crippen molar-refractivity contribution in [3.63, 3.8) is 0 Å². The zero-order chi connectivity index (χ0) is 23.3. The smallest absolute Gasteiger partial charge is 0.325 e. The van der Waals surface area contributed by atoms with E-state index in [1.165, 1.54) is 49.8 Å². The van der Waals surface area contributed by atoms with Crippen molar-refractivity contribution in [2.24, 2.45) is 5.92 Å². The normalized spacial score (nSPS) is 22.7. The topological polar surface area (TPSA) is 36.0 Å². The molecule has 5 nitrogen and oxygen atoms in total. The third-order valence-electron chi connectivity index (χ3n) is 8.08. The Hall–Kier alpha value is -2.37. The number of piperidine rings is 1. The number of anilines is 1. The van der Waals surface area contributed by atoms with Crippen LogP contribution >= 0.6 is 0 Å². The number of ether oxygens (including phenoxy) is 1. The van der Waals surface area contributed by atoms with Gasteiger partial charge < -0.3 is 14.5 Å². The summed E-state index contributed by atoms with van der Waals surface area (Å²) in [5.41, 5.74) is 3.43. The number of nitrogens with zero attached hydrogens (tertiary/aromatic N) is 3. The van der Waals surface area contributed by atoms with Crippen molar-refractivity contribution in [3.05, 3.63) is 65.7 Å². The minimum atomic E-state index is -0.0430. The van der Waals surface area contributed by atoms with Crippen LogP contribution in [0.5, 0.6) is 0 Å². The molecule has 34 heavy (non-hydrogen) atoms. The molecule has 2 amide bonds. The molecule has 1 aliphatic carbocycles. The maximum atomic E-state index is 14.1. The van der Waals surface area contributed by atoms with E-state index in [0.717, 1.165) is 37.5 Å². The molecule has 2 aliphatic heterocycles. The summed E-state index contributed by atoms with van der Waals surface area (Å²) >= 11 is 0. The fourth-order valence-corrected chi connectivity index (χ4v) is 6.32. The number of fused-ring (bicyclic) bond motifs is 1. The molecule has 2 fully saturated rings. The van der Waals surface area contributed by atoms with Gasteiger partial charge in [-0.2, -0.15) is 0 Å². The molecule has 1 unspecified atom stereocenters. The van der Waals surface area contributed by atoms with Crippen LogP contribution in [-0.2, 0) is 4.74 Å². The van der Waals surface area contributed by atoms with E-state index in [0.29, 0.717) is 13.2 Å². The molecule has 2 aromatic carbocycles. The lowest BCUT2D eigenvalue weighted by atomic mass is 9.87. The molecule has 0 aromatic heterocycles. The number of para-hydroxylation sites is 1. The van der Waals surface area contributed by atoms with Gasteiger partial charge in [-0.05, 0) is 43.2 Å². The van der Waals surface area contributed by atoms with E-state index in [1.54, 1.807) is 7.11 Å². The van der Waals surface area contributed by atoms with Gasteiger partial charge in [0.1, 0.15) is 0 Å². The molecule has 2 heterocycles. The minimum Gasteiger partial charge on any atom is -0.383 e. The molecular formula is C29H39N3O2. The Morgan fingerprint density at radius 1 is 0.882 bits per heavy atom. The molecule has 182 valence electrons. The van der Waals surface area contributed by atoms with Gasteiger partial charge in [-0.15, -0.1) is 0 Å². The zero-order valence-corrected chi connectivity index (χ0v) is 20.6. The first kappa shape index (κ1) is 23.4. The number of amides is 2. The van der Waals surface area contributed by atoms with E-state index in [4.69, 9.17) is 4.74 Å². The first-order valence-electron chi connectivity index (χ1n) is 13.2. The predicted octanol–water partition coefficient (Wildman–Crippen LogP) is 5.71. The molecule has 1 atom stereocenters. The van der Waals surface area contributed by atoms with Gasteiger partial charge in [0.25, 0.3) is 0 Å². The summed E-state index contributed by atoms with van der Waals surface area (Å²) in [5.74, 6) is 0.871. The van der Waals surface area contributed by atoms with Crippen molar-refractivity contribution in [2.45, 2.75) is 57.0 Å². The van der Waals surface area contributed by atoms with Gasteiger partial charge in [0.05, 0.1) is 24.9 Å². The van der Waals surface area contributed by atoms with Crippen molar-refractivity contribution < 1.29 is 9.53 Å². The van der Waals surface area contributed by atoms with E-state index < -0.39 is 0 Å². The van der Waals surface area contributed by atoms with E-state index in [1.807, 2.05) is 11.0 Å². The highest BCUT2D eigenvalue weighted by Crippen LogP contribution is 2.43. The second kappa shape index (κ2) is 10.9. The Bertz CT molecular complexity index is 935. The Kier molecular flexibility index (Phi) is 7.51. The van der Waals surface area contributed by atoms with Crippen LogP contribution in [0.3, 0.4) is 0 Å². The Morgan fingerprint density at radius 2 is 1.59 bits per heavy atom. The molecule has 1 saturated carbocycles. The number of carbonyl (C=O) groups is 1. The average molecular weight is 462 g/mol. The van der Waals surface area contributed by atoms with Gasteiger partial charge >= 0.3 is 6.03 Å². The average Bonchev–Trinajstić information content (AvgIpc) is 2.89. The van der Waals surface area contributed by atoms with E-state index >= 15 is 0 Å². The maximum Gasteiger partial charge on any atom is 0.325 e. The highest BCUT2D eigenvalue weighted by atomic mass is 16.5. The molecular weight excluding hydrogens is 422 g/mol. The zero-order valence-electron chi connectivity index (χ0n) is 20.6. The summed E-state index contributed by atoms with van der Waals surface area (Å²) < 4.78 is 5.37. The summed E-state index contributed by atoms with van der Waals surface area (Å²) in [5, 5.41) is 0. The molecule has 5 rings (SSSR count). The molecule has 0 N–H and O–H groups in total. The largest absolute Gasteiger partial charge is 0.383 e. The number of carbonyl (C=O) groups excluding carboxylic acids is 1. The van der Waals surface area contributed by atoms with E-state index in [-0.39, 0.29) is 18.1 Å². The highest BCUT2D eigenvalue weighted by molar-refractivity contribution is 5.96. The molecule has 2 aromatic rings. The van der Waals surface area contributed by atoms with Crippen LogP contribution in [0.15, 0.2) is 54.6 Å². The molecule has 0 radical (unpaired) electrons. The number of rotatable bonds is 7. The van der Waals surface area contributed by atoms with Gasteiger partial charge in [0, 0.05) is 38.3 Å². The molecule has 0 spiro atoms. The number of hydrogen-bond acceptors (Lipinski definition) is 3. The Morgan fingerprint density at radius 3 is 2.32 bits per heavy atom. The van der Waals surface area contributed by atoms with Gasteiger partial charge in [0.15, 0.2) is 0 Å². The van der Waals surface area contributed by atoms with Crippen LogP contribution in [0.4, 0.5) is 10.5 Å². The van der Waals surface area contributed by atoms with Gasteiger partial charge in [0.2, 0.25) is 0 Å². The number of hydrogen-bond donors (Lipinski definition) is 0. The van der Waals surface area contributed by atoms with Crippen LogP contribution in [0, 0.1) is 5.92 Å². The first-order valence-corrected chi connectivity index (χ1v) is 13.2. The van der Waals surface area contributed by atoms with Crippen LogP contribution < -0.4 is 4.90 Å². The molecule has 5 heteroatoms. The summed E-state index contributed by atoms with van der Waals surface area (Å²) in [6, 6.07) is 19.3. The third-order valence-corrected chi connectivity index (χ3v) is 8.08. The van der Waals surface area contributed by atoms with E-state index in [9.17, 15) is 4.79 Å². The Labute approximate surface area is 204 Å². The summed E-state index contributed by atoms with van der Waals surface area (Å²) in [6.45, 7) is 4.53. The van der Waals surface area contributed by atoms with Crippen molar-refractivity contribution >= 4 is 11.7 Å². The van der Waals surface area contributed by atoms with Crippen molar-refractivity contribution in [1.29, 1.82) is 0 Å². The second-order valence-corrected chi connectivity index (χ2v) is 10.2. The predicted molar refractivity (Wildman–Crippen MR) is 137 cm³/mol. The quantitative estimate of drug-likeness (QED) is 0.530. The number of methoxy groups -OCH3 is 1. The number of benzene rings is 2. The van der Waals surface area contributed by atoms with Crippen LogP contribution in [0.1, 0.15) is 62.1 Å². The lowest BCUT2D eigenvalue weighted by Crippen LogP contribution is -2.57. The van der Waals surface area contributed by atoms with Crippen molar-refractivity contribution in [2.75, 3.05) is 44.8 Å². The summed E-state index contributed by atoms with van der Waals surface area (Å²) in [7, 11) is 1.70. The lowest BCUT2D eigenvalue weighted by molar-refractivity contribution is 0.0917. The van der Waals surface area contributed by atoms with Crippen LogP contribution in [0.2, 0.25) is 0 Å². The van der Waals surface area contributed by atoms with Gasteiger partial charge in [-0.25, -0.2) is 4.79 Å². The maximum absolute atomic E-state index is 14.1. The highest BCUT2D eigenvalue weighted by Gasteiger charge is 2.42. The van der Waals surface area contributed by atoms with Crippen molar-refractivity contribution in [3.8, 4) is 0 Å². The standard InChI is InChI=1S/C29H39N3O2/c1-34-21-20-31-27-15-9-8-14-26(27)28(24-12-6-3-7-13-24)32(29(31)33)25-16-18-30(19-17-25)22-23-10-4-2-5-11-23/h3,6-9,12-15,23,25,28H,2,4-5,10-11,16-22H2,1H3. The monoisotopic (exact) mass is 461 g/mol.